The topological polar surface area (TPSA) is 61.3 Å². The van der Waals surface area contributed by atoms with Crippen molar-refractivity contribution in [1.29, 1.82) is 0 Å². The predicted molar refractivity (Wildman–Crippen MR) is 85.7 cm³/mol. The van der Waals surface area contributed by atoms with E-state index in [4.69, 9.17) is 4.42 Å². The molecule has 2 heterocycles. The summed E-state index contributed by atoms with van der Waals surface area (Å²) in [5, 5.41) is 3.26. The molecule has 0 fully saturated rings. The first-order valence-electron chi connectivity index (χ1n) is 7.31. The van der Waals surface area contributed by atoms with Crippen LogP contribution in [0.4, 0.5) is 4.39 Å². The zero-order valence-electron chi connectivity index (χ0n) is 13.0. The molecular formula is C17H18FN3O2. The third-order valence-electron chi connectivity index (χ3n) is 3.81. The number of hydrogen-bond donors (Lipinski definition) is 2. The Labute approximate surface area is 133 Å². The normalized spacial score (nSPS) is 12.7. The Bertz CT molecular complexity index is 808. The minimum atomic E-state index is -0.348. The molecule has 5 nitrogen and oxygen atoms in total. The lowest BCUT2D eigenvalue weighted by atomic mass is 10.2. The van der Waals surface area contributed by atoms with Gasteiger partial charge >= 0.3 is 0 Å². The predicted octanol–water partition coefficient (Wildman–Crippen LogP) is 2.93. The van der Waals surface area contributed by atoms with Gasteiger partial charge < -0.3 is 14.7 Å². The van der Waals surface area contributed by atoms with Crippen molar-refractivity contribution >= 4 is 16.8 Å². The van der Waals surface area contributed by atoms with E-state index in [2.05, 4.69) is 10.3 Å². The molecule has 3 rings (SSSR count). The first-order chi connectivity index (χ1) is 11.1. The highest BCUT2D eigenvalue weighted by molar-refractivity contribution is 5.98. The second kappa shape index (κ2) is 6.26. The van der Waals surface area contributed by atoms with Crippen molar-refractivity contribution in [2.45, 2.75) is 6.04 Å². The van der Waals surface area contributed by atoms with Gasteiger partial charge in [-0.15, -0.1) is 0 Å². The monoisotopic (exact) mass is 315 g/mol. The third-order valence-corrected chi connectivity index (χ3v) is 3.81. The van der Waals surface area contributed by atoms with E-state index in [1.807, 2.05) is 31.1 Å². The maximum atomic E-state index is 13.7. The summed E-state index contributed by atoms with van der Waals surface area (Å²) in [5.41, 5.74) is 0.937. The quantitative estimate of drug-likeness (QED) is 0.761. The molecule has 0 unspecified atom stereocenters. The molecule has 120 valence electrons. The number of furan rings is 1. The van der Waals surface area contributed by atoms with Crippen LogP contribution in [-0.2, 0) is 0 Å². The molecule has 0 saturated carbocycles. The van der Waals surface area contributed by atoms with Crippen LogP contribution in [0.1, 0.15) is 22.3 Å². The number of carbonyl (C=O) groups excluding carboxylic acids is 1. The highest BCUT2D eigenvalue weighted by Crippen LogP contribution is 2.20. The number of benzene rings is 1. The van der Waals surface area contributed by atoms with Gasteiger partial charge in [-0.25, -0.2) is 4.39 Å². The molecule has 1 amide bonds. The van der Waals surface area contributed by atoms with Crippen LogP contribution in [-0.4, -0.2) is 36.4 Å². The third kappa shape index (κ3) is 3.12. The summed E-state index contributed by atoms with van der Waals surface area (Å²) in [6, 6.07) is 9.85. The van der Waals surface area contributed by atoms with E-state index in [1.165, 1.54) is 12.1 Å². The standard InChI is InChI=1S/C17H18FN3O2/c1-21(2)15(16-7-4-8-23-16)10-19-17(22)14-9-11-12(18)5-3-6-13(11)20-14/h3-9,15,20H,10H2,1-2H3,(H,19,22)/t15-/m1/s1. The number of carbonyl (C=O) groups is 1. The van der Waals surface area contributed by atoms with E-state index in [9.17, 15) is 9.18 Å². The maximum absolute atomic E-state index is 13.7. The van der Waals surface area contributed by atoms with Crippen LogP contribution >= 0.6 is 0 Å². The van der Waals surface area contributed by atoms with Crippen molar-refractivity contribution in [2.75, 3.05) is 20.6 Å². The molecule has 0 aliphatic rings. The van der Waals surface area contributed by atoms with Gasteiger partial charge in [0.25, 0.3) is 5.91 Å². The van der Waals surface area contributed by atoms with Crippen LogP contribution in [0.2, 0.25) is 0 Å². The molecule has 0 saturated heterocycles. The molecule has 1 aromatic carbocycles. The summed E-state index contributed by atoms with van der Waals surface area (Å²) in [6.45, 7) is 0.386. The van der Waals surface area contributed by atoms with E-state index >= 15 is 0 Å². The SMILES string of the molecule is CN(C)[C@H](CNC(=O)c1cc2c(F)cccc2[nH]1)c1ccco1. The summed E-state index contributed by atoms with van der Waals surface area (Å²) in [6.07, 6.45) is 1.61. The first-order valence-corrected chi connectivity index (χ1v) is 7.31. The molecule has 1 atom stereocenters. The van der Waals surface area contributed by atoms with Gasteiger partial charge in [-0.1, -0.05) is 6.07 Å². The summed E-state index contributed by atoms with van der Waals surface area (Å²) < 4.78 is 19.1. The Morgan fingerprint density at radius 2 is 2.17 bits per heavy atom. The van der Waals surface area contributed by atoms with Crippen LogP contribution < -0.4 is 5.32 Å². The van der Waals surface area contributed by atoms with Gasteiger partial charge in [-0.2, -0.15) is 0 Å². The molecule has 23 heavy (non-hydrogen) atoms. The number of nitrogens with zero attached hydrogens (tertiary/aromatic N) is 1. The number of H-pyrrole nitrogens is 1. The van der Waals surface area contributed by atoms with Crippen LogP contribution in [0, 0.1) is 5.82 Å². The summed E-state index contributed by atoms with van der Waals surface area (Å²) in [7, 11) is 3.83. The second-order valence-corrected chi connectivity index (χ2v) is 5.59. The van der Waals surface area contributed by atoms with Gasteiger partial charge in [0, 0.05) is 17.4 Å². The fourth-order valence-corrected chi connectivity index (χ4v) is 2.54. The van der Waals surface area contributed by atoms with Crippen molar-refractivity contribution in [3.63, 3.8) is 0 Å². The number of aromatic amines is 1. The average Bonchev–Trinajstić information content (AvgIpc) is 3.16. The van der Waals surface area contributed by atoms with Gasteiger partial charge in [0.15, 0.2) is 0 Å². The van der Waals surface area contributed by atoms with Gasteiger partial charge in [-0.05, 0) is 44.4 Å². The maximum Gasteiger partial charge on any atom is 0.267 e. The molecule has 0 radical (unpaired) electrons. The lowest BCUT2D eigenvalue weighted by molar-refractivity contribution is 0.0935. The lowest BCUT2D eigenvalue weighted by Gasteiger charge is -2.22. The molecule has 0 spiro atoms. The van der Waals surface area contributed by atoms with Crippen molar-refractivity contribution in [1.82, 2.24) is 15.2 Å². The zero-order chi connectivity index (χ0) is 16.4. The number of fused-ring (bicyclic) bond motifs is 1. The van der Waals surface area contributed by atoms with Crippen molar-refractivity contribution < 1.29 is 13.6 Å². The molecule has 2 N–H and O–H groups in total. The van der Waals surface area contributed by atoms with Gasteiger partial charge in [0.1, 0.15) is 17.3 Å². The van der Waals surface area contributed by atoms with Crippen LogP contribution in [0.25, 0.3) is 10.9 Å². The smallest absolute Gasteiger partial charge is 0.267 e. The number of likely N-dealkylation sites (N-methyl/N-ethyl adjacent to an activating group) is 1. The van der Waals surface area contributed by atoms with Crippen LogP contribution in [0.15, 0.2) is 47.1 Å². The van der Waals surface area contributed by atoms with Gasteiger partial charge in [-0.3, -0.25) is 9.69 Å². The Morgan fingerprint density at radius 1 is 1.35 bits per heavy atom. The molecule has 0 aliphatic heterocycles. The van der Waals surface area contributed by atoms with Crippen molar-refractivity contribution in [3.8, 4) is 0 Å². The second-order valence-electron chi connectivity index (χ2n) is 5.59. The van der Waals surface area contributed by atoms with E-state index in [1.54, 1.807) is 18.4 Å². The van der Waals surface area contributed by atoms with Gasteiger partial charge in [0.05, 0.1) is 12.3 Å². The number of aromatic nitrogens is 1. The molecule has 6 heteroatoms. The molecular weight excluding hydrogens is 297 g/mol. The number of nitrogens with one attached hydrogen (secondary N) is 2. The fourth-order valence-electron chi connectivity index (χ4n) is 2.54. The molecule has 0 bridgehead atoms. The highest BCUT2D eigenvalue weighted by atomic mass is 19.1. The van der Waals surface area contributed by atoms with Crippen molar-refractivity contribution in [2.24, 2.45) is 0 Å². The highest BCUT2D eigenvalue weighted by Gasteiger charge is 2.19. The Kier molecular flexibility index (Phi) is 4.16. The molecule has 2 aromatic heterocycles. The van der Waals surface area contributed by atoms with Crippen LogP contribution in [0.3, 0.4) is 0 Å². The summed E-state index contributed by atoms with van der Waals surface area (Å²) in [4.78, 5) is 17.2. The average molecular weight is 315 g/mol. The van der Waals surface area contributed by atoms with E-state index in [0.29, 0.717) is 23.1 Å². The number of halogens is 1. The Hall–Kier alpha value is -2.60. The summed E-state index contributed by atoms with van der Waals surface area (Å²) >= 11 is 0. The Balaban J connectivity index is 1.74. The fraction of sp³-hybridized carbons (Fsp3) is 0.235. The lowest BCUT2D eigenvalue weighted by Crippen LogP contribution is -2.34. The number of hydrogen-bond acceptors (Lipinski definition) is 3. The minimum Gasteiger partial charge on any atom is -0.468 e. The van der Waals surface area contributed by atoms with Crippen LogP contribution in [0.5, 0.6) is 0 Å². The number of amides is 1. The zero-order valence-corrected chi connectivity index (χ0v) is 13.0. The first kappa shape index (κ1) is 15.3. The summed E-state index contributed by atoms with van der Waals surface area (Å²) in [5.74, 6) is 0.150. The largest absolute Gasteiger partial charge is 0.468 e. The molecule has 0 aliphatic carbocycles. The van der Waals surface area contributed by atoms with E-state index in [-0.39, 0.29) is 17.8 Å². The minimum absolute atomic E-state index is 0.0740. The van der Waals surface area contributed by atoms with Crippen molar-refractivity contribution in [3.05, 3.63) is 59.9 Å². The van der Waals surface area contributed by atoms with E-state index in [0.717, 1.165) is 5.76 Å². The molecule has 3 aromatic rings. The van der Waals surface area contributed by atoms with E-state index < -0.39 is 0 Å². The number of rotatable bonds is 5. The Morgan fingerprint density at radius 3 is 2.83 bits per heavy atom. The van der Waals surface area contributed by atoms with Gasteiger partial charge in [0.2, 0.25) is 0 Å².